The Kier molecular flexibility index (Phi) is 5.35. The molecule has 0 saturated carbocycles. The zero-order chi connectivity index (χ0) is 9.52. The topological polar surface area (TPSA) is 33.3 Å². The van der Waals surface area contributed by atoms with Gasteiger partial charge in [0.1, 0.15) is 0 Å². The number of hydrogen-bond acceptors (Lipinski definition) is 3. The number of hydrogen-bond donors (Lipinski definition) is 2. The highest BCUT2D eigenvalue weighted by Crippen LogP contribution is 2.08. The number of nitrogens with one attached hydrogen (secondary N) is 2. The Labute approximate surface area is 81.2 Å². The van der Waals surface area contributed by atoms with Crippen LogP contribution in [0.3, 0.4) is 0 Å². The van der Waals surface area contributed by atoms with E-state index in [2.05, 4.69) is 17.6 Å². The Hall–Kier alpha value is -0.120. The highest BCUT2D eigenvalue weighted by molar-refractivity contribution is 4.72. The van der Waals surface area contributed by atoms with Crippen LogP contribution in [-0.4, -0.2) is 39.4 Å². The highest BCUT2D eigenvalue weighted by Gasteiger charge is 2.13. The summed E-state index contributed by atoms with van der Waals surface area (Å²) < 4.78 is 5.07. The normalized spacial score (nSPS) is 25.8. The minimum atomic E-state index is 0.479. The Morgan fingerprint density at radius 3 is 3.08 bits per heavy atom. The van der Waals surface area contributed by atoms with Gasteiger partial charge in [0.25, 0.3) is 0 Å². The second-order valence-corrected chi connectivity index (χ2v) is 3.98. The minimum absolute atomic E-state index is 0.479. The molecule has 78 valence electrons. The molecular weight excluding hydrogens is 164 g/mol. The fraction of sp³-hybridized carbons (Fsp3) is 1.00. The van der Waals surface area contributed by atoms with E-state index in [0.717, 1.165) is 19.1 Å². The molecule has 0 bridgehead atoms. The van der Waals surface area contributed by atoms with Crippen molar-refractivity contribution < 1.29 is 4.74 Å². The van der Waals surface area contributed by atoms with Crippen molar-refractivity contribution in [1.82, 2.24) is 10.6 Å². The molecule has 3 nitrogen and oxygen atoms in total. The summed E-state index contributed by atoms with van der Waals surface area (Å²) in [5, 5.41) is 6.91. The lowest BCUT2D eigenvalue weighted by atomic mass is 9.99. The molecule has 0 amide bonds. The molecule has 2 N–H and O–H groups in total. The Balaban J connectivity index is 2.03. The van der Waals surface area contributed by atoms with Gasteiger partial charge in [-0.05, 0) is 45.3 Å². The maximum absolute atomic E-state index is 5.07. The molecule has 1 saturated heterocycles. The molecule has 3 heteroatoms. The standard InChI is InChI=1S/C10H22N2O/c1-9(8-13-2)12-7-10-4-3-5-11-6-10/h9-12H,3-8H2,1-2H3. The predicted octanol–water partition coefficient (Wildman–Crippen LogP) is 0.610. The zero-order valence-electron chi connectivity index (χ0n) is 8.81. The first-order valence-electron chi connectivity index (χ1n) is 5.26. The maximum atomic E-state index is 5.07. The number of methoxy groups -OCH3 is 1. The van der Waals surface area contributed by atoms with Gasteiger partial charge in [-0.15, -0.1) is 0 Å². The summed E-state index contributed by atoms with van der Waals surface area (Å²) in [7, 11) is 1.75. The quantitative estimate of drug-likeness (QED) is 0.660. The van der Waals surface area contributed by atoms with Crippen molar-refractivity contribution in [1.29, 1.82) is 0 Å². The van der Waals surface area contributed by atoms with E-state index < -0.39 is 0 Å². The van der Waals surface area contributed by atoms with Crippen molar-refractivity contribution in [2.24, 2.45) is 5.92 Å². The van der Waals surface area contributed by atoms with E-state index in [-0.39, 0.29) is 0 Å². The van der Waals surface area contributed by atoms with Gasteiger partial charge in [-0.1, -0.05) is 0 Å². The molecule has 2 unspecified atom stereocenters. The molecule has 0 spiro atoms. The molecule has 1 aliphatic heterocycles. The van der Waals surface area contributed by atoms with E-state index in [4.69, 9.17) is 4.74 Å². The molecule has 0 aromatic rings. The van der Waals surface area contributed by atoms with Crippen LogP contribution in [0.25, 0.3) is 0 Å². The van der Waals surface area contributed by atoms with Crippen LogP contribution in [0.4, 0.5) is 0 Å². The molecule has 1 heterocycles. The number of ether oxygens (including phenoxy) is 1. The third-order valence-electron chi connectivity index (χ3n) is 2.57. The predicted molar refractivity (Wildman–Crippen MR) is 54.9 cm³/mol. The SMILES string of the molecule is COCC(C)NCC1CCCNC1. The summed E-state index contributed by atoms with van der Waals surface area (Å²) in [6.45, 7) is 6.47. The summed E-state index contributed by atoms with van der Waals surface area (Å²) in [4.78, 5) is 0. The number of rotatable bonds is 5. The molecule has 0 aromatic carbocycles. The molecular formula is C10H22N2O. The molecule has 1 rings (SSSR count). The van der Waals surface area contributed by atoms with Crippen LogP contribution in [0.5, 0.6) is 0 Å². The van der Waals surface area contributed by atoms with Crippen LogP contribution in [0.15, 0.2) is 0 Å². The van der Waals surface area contributed by atoms with E-state index in [1.54, 1.807) is 7.11 Å². The summed E-state index contributed by atoms with van der Waals surface area (Å²) in [5.74, 6) is 0.813. The third-order valence-corrected chi connectivity index (χ3v) is 2.57. The molecule has 0 aliphatic carbocycles. The van der Waals surface area contributed by atoms with Crippen LogP contribution >= 0.6 is 0 Å². The van der Waals surface area contributed by atoms with Gasteiger partial charge in [-0.25, -0.2) is 0 Å². The summed E-state index contributed by atoms with van der Waals surface area (Å²) in [6, 6.07) is 0.479. The molecule has 0 aromatic heterocycles. The average molecular weight is 186 g/mol. The molecule has 1 fully saturated rings. The van der Waals surface area contributed by atoms with Gasteiger partial charge in [0, 0.05) is 13.2 Å². The van der Waals surface area contributed by atoms with Crippen molar-refractivity contribution in [3.63, 3.8) is 0 Å². The second kappa shape index (κ2) is 6.35. The fourth-order valence-electron chi connectivity index (χ4n) is 1.77. The van der Waals surface area contributed by atoms with Crippen molar-refractivity contribution in [2.45, 2.75) is 25.8 Å². The van der Waals surface area contributed by atoms with Crippen LogP contribution in [-0.2, 0) is 4.74 Å². The van der Waals surface area contributed by atoms with Gasteiger partial charge in [-0.3, -0.25) is 0 Å². The highest BCUT2D eigenvalue weighted by atomic mass is 16.5. The summed E-state index contributed by atoms with van der Waals surface area (Å²) in [5.41, 5.74) is 0. The van der Waals surface area contributed by atoms with E-state index in [1.165, 1.54) is 25.9 Å². The van der Waals surface area contributed by atoms with Gasteiger partial charge in [0.05, 0.1) is 6.61 Å². The van der Waals surface area contributed by atoms with Crippen LogP contribution in [0.2, 0.25) is 0 Å². The van der Waals surface area contributed by atoms with Crippen LogP contribution in [0, 0.1) is 5.92 Å². The third kappa shape index (κ3) is 4.60. The monoisotopic (exact) mass is 186 g/mol. The number of piperidine rings is 1. The van der Waals surface area contributed by atoms with Crippen LogP contribution < -0.4 is 10.6 Å². The molecule has 1 aliphatic rings. The second-order valence-electron chi connectivity index (χ2n) is 3.98. The van der Waals surface area contributed by atoms with Crippen molar-refractivity contribution in [3.8, 4) is 0 Å². The average Bonchev–Trinajstić information content (AvgIpc) is 2.17. The smallest absolute Gasteiger partial charge is 0.0613 e. The van der Waals surface area contributed by atoms with Crippen molar-refractivity contribution >= 4 is 0 Å². The Bertz CT molecular complexity index is 124. The molecule has 2 atom stereocenters. The largest absolute Gasteiger partial charge is 0.383 e. The first kappa shape index (κ1) is 11.0. The molecule has 13 heavy (non-hydrogen) atoms. The Morgan fingerprint density at radius 1 is 1.62 bits per heavy atom. The first-order valence-corrected chi connectivity index (χ1v) is 5.26. The van der Waals surface area contributed by atoms with E-state index in [0.29, 0.717) is 6.04 Å². The minimum Gasteiger partial charge on any atom is -0.383 e. The van der Waals surface area contributed by atoms with E-state index in [9.17, 15) is 0 Å². The lowest BCUT2D eigenvalue weighted by molar-refractivity contribution is 0.168. The van der Waals surface area contributed by atoms with Gasteiger partial charge < -0.3 is 15.4 Å². The van der Waals surface area contributed by atoms with Crippen molar-refractivity contribution in [2.75, 3.05) is 33.4 Å². The Morgan fingerprint density at radius 2 is 2.46 bits per heavy atom. The van der Waals surface area contributed by atoms with Gasteiger partial charge in [-0.2, -0.15) is 0 Å². The van der Waals surface area contributed by atoms with Gasteiger partial charge in [0.2, 0.25) is 0 Å². The fourth-order valence-corrected chi connectivity index (χ4v) is 1.77. The van der Waals surface area contributed by atoms with Crippen LogP contribution in [0.1, 0.15) is 19.8 Å². The maximum Gasteiger partial charge on any atom is 0.0613 e. The summed E-state index contributed by atoms with van der Waals surface area (Å²) >= 11 is 0. The van der Waals surface area contributed by atoms with Gasteiger partial charge in [0.15, 0.2) is 0 Å². The lowest BCUT2D eigenvalue weighted by Crippen LogP contribution is -2.40. The van der Waals surface area contributed by atoms with Gasteiger partial charge >= 0.3 is 0 Å². The van der Waals surface area contributed by atoms with E-state index >= 15 is 0 Å². The van der Waals surface area contributed by atoms with E-state index in [1.807, 2.05) is 0 Å². The summed E-state index contributed by atoms with van der Waals surface area (Å²) in [6.07, 6.45) is 2.69. The van der Waals surface area contributed by atoms with Crippen molar-refractivity contribution in [3.05, 3.63) is 0 Å². The zero-order valence-corrected chi connectivity index (χ0v) is 8.81. The lowest BCUT2D eigenvalue weighted by Gasteiger charge is -2.24. The molecule has 0 radical (unpaired) electrons. The first-order chi connectivity index (χ1) is 6.33.